The van der Waals surface area contributed by atoms with Gasteiger partial charge in [0, 0.05) is 22.9 Å². The van der Waals surface area contributed by atoms with Crippen LogP contribution in [0.15, 0.2) is 47.2 Å². The second-order valence-corrected chi connectivity index (χ2v) is 3.84. The molecule has 2 aromatic heterocycles. The summed E-state index contributed by atoms with van der Waals surface area (Å²) in [6.07, 6.45) is 3.44. The molecule has 0 unspecified atom stereocenters. The number of pyridine rings is 2. The predicted molar refractivity (Wildman–Crippen MR) is 60.5 cm³/mol. The second kappa shape index (κ2) is 4.89. The Morgan fingerprint density at radius 2 is 2.07 bits per heavy atom. The Labute approximate surface area is 96.3 Å². The van der Waals surface area contributed by atoms with Crippen LogP contribution in [0, 0.1) is 0 Å². The Balaban J connectivity index is 1.99. The van der Waals surface area contributed by atoms with Gasteiger partial charge in [0.25, 0.3) is 0 Å². The Hall–Kier alpha value is -1.42. The van der Waals surface area contributed by atoms with E-state index < -0.39 is 0 Å². The Morgan fingerprint density at radius 1 is 1.13 bits per heavy atom. The number of aromatic nitrogens is 2. The first-order valence-electron chi connectivity index (χ1n) is 4.49. The van der Waals surface area contributed by atoms with Crippen molar-refractivity contribution in [3.8, 4) is 5.88 Å². The van der Waals surface area contributed by atoms with Gasteiger partial charge in [-0.05, 0) is 18.2 Å². The molecular weight excluding hydrogens is 256 g/mol. The van der Waals surface area contributed by atoms with Gasteiger partial charge in [-0.15, -0.1) is 0 Å². The topological polar surface area (TPSA) is 35.0 Å². The third kappa shape index (κ3) is 3.02. The highest BCUT2D eigenvalue weighted by Crippen LogP contribution is 2.15. The number of nitrogens with zero attached hydrogens (tertiary/aromatic N) is 2. The van der Waals surface area contributed by atoms with Gasteiger partial charge in [0.05, 0.1) is 5.69 Å². The second-order valence-electron chi connectivity index (χ2n) is 2.92. The first-order chi connectivity index (χ1) is 7.34. The molecule has 2 rings (SSSR count). The van der Waals surface area contributed by atoms with Gasteiger partial charge in [-0.3, -0.25) is 4.98 Å². The average Bonchev–Trinajstić information content (AvgIpc) is 2.28. The highest BCUT2D eigenvalue weighted by Gasteiger charge is 1.97. The maximum Gasteiger partial charge on any atom is 0.214 e. The summed E-state index contributed by atoms with van der Waals surface area (Å²) in [5, 5.41) is 0. The molecule has 0 saturated carbocycles. The number of halogens is 1. The van der Waals surface area contributed by atoms with Gasteiger partial charge < -0.3 is 4.74 Å². The van der Waals surface area contributed by atoms with Gasteiger partial charge in [0.15, 0.2) is 0 Å². The highest BCUT2D eigenvalue weighted by molar-refractivity contribution is 9.10. The number of hydrogen-bond donors (Lipinski definition) is 0. The molecule has 3 nitrogen and oxygen atoms in total. The molecule has 76 valence electrons. The number of rotatable bonds is 3. The third-order valence-corrected chi connectivity index (χ3v) is 2.28. The maximum atomic E-state index is 5.47. The van der Waals surface area contributed by atoms with Crippen LogP contribution in [0.5, 0.6) is 5.88 Å². The van der Waals surface area contributed by atoms with E-state index in [9.17, 15) is 0 Å². The molecule has 0 aromatic carbocycles. The molecule has 0 aliphatic carbocycles. The van der Waals surface area contributed by atoms with Crippen molar-refractivity contribution >= 4 is 15.9 Å². The molecule has 0 aliphatic rings. The Kier molecular flexibility index (Phi) is 3.29. The van der Waals surface area contributed by atoms with Crippen molar-refractivity contribution in [2.75, 3.05) is 0 Å². The highest BCUT2D eigenvalue weighted by atomic mass is 79.9. The molecule has 0 bridgehead atoms. The minimum Gasteiger partial charge on any atom is -0.471 e. The van der Waals surface area contributed by atoms with Gasteiger partial charge in [-0.25, -0.2) is 4.98 Å². The van der Waals surface area contributed by atoms with Crippen LogP contribution in [-0.2, 0) is 6.61 Å². The first kappa shape index (κ1) is 10.1. The molecule has 0 radical (unpaired) electrons. The van der Waals surface area contributed by atoms with Crippen molar-refractivity contribution in [2.24, 2.45) is 0 Å². The molecule has 0 atom stereocenters. The summed E-state index contributed by atoms with van der Waals surface area (Å²) in [6, 6.07) is 9.40. The lowest BCUT2D eigenvalue weighted by atomic mass is 10.4. The van der Waals surface area contributed by atoms with E-state index in [4.69, 9.17) is 4.74 Å². The maximum absolute atomic E-state index is 5.47. The summed E-state index contributed by atoms with van der Waals surface area (Å²) in [6.45, 7) is 0.435. The largest absolute Gasteiger partial charge is 0.471 e. The Bertz CT molecular complexity index is 434. The molecule has 0 spiro atoms. The van der Waals surface area contributed by atoms with Crippen molar-refractivity contribution in [2.45, 2.75) is 6.61 Å². The van der Waals surface area contributed by atoms with E-state index in [1.165, 1.54) is 0 Å². The molecule has 0 aliphatic heterocycles. The van der Waals surface area contributed by atoms with Gasteiger partial charge in [-0.1, -0.05) is 22.0 Å². The van der Waals surface area contributed by atoms with Crippen molar-refractivity contribution in [3.63, 3.8) is 0 Å². The van der Waals surface area contributed by atoms with Gasteiger partial charge in [-0.2, -0.15) is 0 Å². The zero-order valence-electron chi connectivity index (χ0n) is 7.93. The summed E-state index contributed by atoms with van der Waals surface area (Å²) in [5.74, 6) is 0.593. The molecule has 2 aromatic rings. The predicted octanol–water partition coefficient (Wildman–Crippen LogP) is 2.82. The van der Waals surface area contributed by atoms with Crippen LogP contribution in [0.2, 0.25) is 0 Å². The normalized spacial score (nSPS) is 9.93. The molecule has 4 heteroatoms. The lowest BCUT2D eigenvalue weighted by Crippen LogP contribution is -1.98. The van der Waals surface area contributed by atoms with Crippen LogP contribution in [0.1, 0.15) is 5.69 Å². The van der Waals surface area contributed by atoms with Gasteiger partial charge >= 0.3 is 0 Å². The fraction of sp³-hybridized carbons (Fsp3) is 0.0909. The zero-order valence-corrected chi connectivity index (χ0v) is 9.52. The van der Waals surface area contributed by atoms with Crippen LogP contribution >= 0.6 is 15.9 Å². The van der Waals surface area contributed by atoms with E-state index in [-0.39, 0.29) is 0 Å². The zero-order chi connectivity index (χ0) is 10.5. The van der Waals surface area contributed by atoms with E-state index in [2.05, 4.69) is 25.9 Å². The monoisotopic (exact) mass is 264 g/mol. The lowest BCUT2D eigenvalue weighted by molar-refractivity contribution is 0.289. The van der Waals surface area contributed by atoms with Gasteiger partial charge in [0.2, 0.25) is 5.88 Å². The fourth-order valence-electron chi connectivity index (χ4n) is 1.10. The van der Waals surface area contributed by atoms with Crippen LogP contribution in [-0.4, -0.2) is 9.97 Å². The molecule has 0 N–H and O–H groups in total. The molecular formula is C11H9BrN2O. The van der Waals surface area contributed by atoms with Crippen LogP contribution < -0.4 is 4.74 Å². The van der Waals surface area contributed by atoms with Crippen LogP contribution in [0.25, 0.3) is 0 Å². The summed E-state index contributed by atoms with van der Waals surface area (Å²) >= 11 is 3.35. The van der Waals surface area contributed by atoms with E-state index in [1.54, 1.807) is 12.4 Å². The molecule has 2 heterocycles. The summed E-state index contributed by atoms with van der Waals surface area (Å²) in [4.78, 5) is 8.23. The van der Waals surface area contributed by atoms with Crippen molar-refractivity contribution in [1.82, 2.24) is 9.97 Å². The third-order valence-electron chi connectivity index (χ3n) is 1.79. The molecule has 0 fully saturated rings. The van der Waals surface area contributed by atoms with Crippen molar-refractivity contribution in [3.05, 3.63) is 52.9 Å². The van der Waals surface area contributed by atoms with Crippen molar-refractivity contribution < 1.29 is 4.74 Å². The van der Waals surface area contributed by atoms with E-state index in [0.29, 0.717) is 12.5 Å². The number of hydrogen-bond acceptors (Lipinski definition) is 3. The van der Waals surface area contributed by atoms with Gasteiger partial charge in [0.1, 0.15) is 6.61 Å². The number of ether oxygens (including phenoxy) is 1. The average molecular weight is 265 g/mol. The summed E-state index contributed by atoms with van der Waals surface area (Å²) in [7, 11) is 0. The van der Waals surface area contributed by atoms with E-state index in [1.807, 2.05) is 30.3 Å². The molecule has 0 saturated heterocycles. The van der Waals surface area contributed by atoms with Crippen LogP contribution in [0.3, 0.4) is 0 Å². The minimum absolute atomic E-state index is 0.435. The summed E-state index contributed by atoms with van der Waals surface area (Å²) in [5.41, 5.74) is 0.888. The minimum atomic E-state index is 0.435. The summed E-state index contributed by atoms with van der Waals surface area (Å²) < 4.78 is 6.42. The molecule has 0 amide bonds. The van der Waals surface area contributed by atoms with Crippen molar-refractivity contribution in [1.29, 1.82) is 0 Å². The Morgan fingerprint density at radius 3 is 2.80 bits per heavy atom. The fourth-order valence-corrected chi connectivity index (χ4v) is 1.41. The smallest absolute Gasteiger partial charge is 0.214 e. The lowest BCUT2D eigenvalue weighted by Gasteiger charge is -2.04. The van der Waals surface area contributed by atoms with E-state index in [0.717, 1.165) is 10.2 Å². The first-order valence-corrected chi connectivity index (χ1v) is 5.28. The SMILES string of the molecule is Brc1ccnc(OCc2ccccn2)c1. The quantitative estimate of drug-likeness (QED) is 0.855. The standard InChI is InChI=1S/C11H9BrN2O/c12-9-4-6-14-11(7-9)15-8-10-3-1-2-5-13-10/h1-7H,8H2. The molecule has 15 heavy (non-hydrogen) atoms. The van der Waals surface area contributed by atoms with Crippen LogP contribution in [0.4, 0.5) is 0 Å². The van der Waals surface area contributed by atoms with E-state index >= 15 is 0 Å².